The molecule has 0 aromatic heterocycles. The standard InChI is InChI=1S/C8H7NO.CH2O2/c10-8-5-6-3-1-2-4-7(6)9-8;2-1-3/h1-4H,5H2,(H,9,10);1H,(H,2,3). The molecule has 1 aromatic rings. The summed E-state index contributed by atoms with van der Waals surface area (Å²) in [5.41, 5.74) is 2.07. The molecule has 4 heteroatoms. The zero-order valence-corrected chi connectivity index (χ0v) is 6.86. The first-order chi connectivity index (χ1) is 6.27. The van der Waals surface area contributed by atoms with Crippen molar-refractivity contribution in [2.75, 3.05) is 5.32 Å². The molecular weight excluding hydrogens is 170 g/mol. The molecule has 0 atom stereocenters. The normalized spacial score (nSPS) is 12.2. The van der Waals surface area contributed by atoms with Crippen molar-refractivity contribution >= 4 is 18.1 Å². The minimum absolute atomic E-state index is 0.0983. The Morgan fingerprint density at radius 2 is 2.00 bits per heavy atom. The van der Waals surface area contributed by atoms with Crippen LogP contribution in [0.25, 0.3) is 0 Å². The highest BCUT2D eigenvalue weighted by molar-refractivity contribution is 5.98. The summed E-state index contributed by atoms with van der Waals surface area (Å²) in [7, 11) is 0. The van der Waals surface area contributed by atoms with Crippen LogP contribution in [0.2, 0.25) is 0 Å². The zero-order chi connectivity index (χ0) is 9.68. The highest BCUT2D eigenvalue weighted by atomic mass is 16.3. The average molecular weight is 179 g/mol. The van der Waals surface area contributed by atoms with Gasteiger partial charge in [0.25, 0.3) is 6.47 Å². The van der Waals surface area contributed by atoms with E-state index in [0.717, 1.165) is 11.3 Å². The second kappa shape index (κ2) is 4.25. The number of rotatable bonds is 0. The van der Waals surface area contributed by atoms with Crippen molar-refractivity contribution in [3.63, 3.8) is 0 Å². The van der Waals surface area contributed by atoms with E-state index in [2.05, 4.69) is 5.32 Å². The summed E-state index contributed by atoms with van der Waals surface area (Å²) >= 11 is 0. The molecule has 68 valence electrons. The maximum atomic E-state index is 10.8. The highest BCUT2D eigenvalue weighted by Crippen LogP contribution is 2.20. The largest absolute Gasteiger partial charge is 0.483 e. The van der Waals surface area contributed by atoms with Gasteiger partial charge >= 0.3 is 0 Å². The summed E-state index contributed by atoms with van der Waals surface area (Å²) in [6.45, 7) is -0.250. The van der Waals surface area contributed by atoms with E-state index >= 15 is 0 Å². The third-order valence-corrected chi connectivity index (χ3v) is 1.64. The molecule has 0 fully saturated rings. The molecule has 0 radical (unpaired) electrons. The highest BCUT2D eigenvalue weighted by Gasteiger charge is 2.15. The Bertz CT molecular complexity index is 295. The number of benzene rings is 1. The van der Waals surface area contributed by atoms with Crippen molar-refractivity contribution in [2.45, 2.75) is 6.42 Å². The van der Waals surface area contributed by atoms with Crippen molar-refractivity contribution in [3.8, 4) is 0 Å². The second-order valence-electron chi connectivity index (χ2n) is 2.49. The predicted octanol–water partition coefficient (Wildman–Crippen LogP) is 0.882. The van der Waals surface area contributed by atoms with Crippen LogP contribution in [0.1, 0.15) is 5.56 Å². The fourth-order valence-corrected chi connectivity index (χ4v) is 1.16. The molecule has 0 saturated heterocycles. The number of amides is 1. The number of anilines is 1. The fourth-order valence-electron chi connectivity index (χ4n) is 1.16. The number of carbonyl (C=O) groups is 2. The lowest BCUT2D eigenvalue weighted by molar-refractivity contribution is -0.123. The summed E-state index contributed by atoms with van der Waals surface area (Å²) in [4.78, 5) is 19.2. The fraction of sp³-hybridized carbons (Fsp3) is 0.111. The molecule has 0 aliphatic carbocycles. The maximum Gasteiger partial charge on any atom is 0.290 e. The van der Waals surface area contributed by atoms with Gasteiger partial charge in [0.05, 0.1) is 6.42 Å². The monoisotopic (exact) mass is 179 g/mol. The van der Waals surface area contributed by atoms with E-state index in [1.165, 1.54) is 0 Å². The van der Waals surface area contributed by atoms with Crippen LogP contribution in [0.4, 0.5) is 5.69 Å². The SMILES string of the molecule is O=C1Cc2ccccc2N1.O=CO. The number of fused-ring (bicyclic) bond motifs is 1. The molecule has 0 bridgehead atoms. The lowest BCUT2D eigenvalue weighted by Gasteiger charge is -1.93. The second-order valence-corrected chi connectivity index (χ2v) is 2.49. The number of hydrogen-bond donors (Lipinski definition) is 2. The molecule has 2 rings (SSSR count). The molecule has 1 heterocycles. The van der Waals surface area contributed by atoms with Crippen molar-refractivity contribution in [1.82, 2.24) is 0 Å². The van der Waals surface area contributed by atoms with Crippen molar-refractivity contribution in [2.24, 2.45) is 0 Å². The van der Waals surface area contributed by atoms with Gasteiger partial charge in [-0.15, -0.1) is 0 Å². The van der Waals surface area contributed by atoms with Crippen molar-refractivity contribution in [3.05, 3.63) is 29.8 Å². The van der Waals surface area contributed by atoms with Crippen LogP contribution in [0.5, 0.6) is 0 Å². The maximum absolute atomic E-state index is 10.8. The van der Waals surface area contributed by atoms with Gasteiger partial charge in [-0.1, -0.05) is 18.2 Å². The first kappa shape index (κ1) is 9.25. The van der Waals surface area contributed by atoms with Gasteiger partial charge in [0.15, 0.2) is 0 Å². The Labute approximate surface area is 75.2 Å². The van der Waals surface area contributed by atoms with Crippen LogP contribution in [-0.4, -0.2) is 17.5 Å². The Hall–Kier alpha value is -1.84. The van der Waals surface area contributed by atoms with E-state index < -0.39 is 0 Å². The summed E-state index contributed by atoms with van der Waals surface area (Å²) < 4.78 is 0. The van der Waals surface area contributed by atoms with Crippen LogP contribution in [0.15, 0.2) is 24.3 Å². The first-order valence-electron chi connectivity index (χ1n) is 3.73. The third-order valence-electron chi connectivity index (χ3n) is 1.64. The number of para-hydroxylation sites is 1. The van der Waals surface area contributed by atoms with Gasteiger partial charge in [-0.3, -0.25) is 9.59 Å². The van der Waals surface area contributed by atoms with Crippen LogP contribution in [-0.2, 0) is 16.0 Å². The van der Waals surface area contributed by atoms with Gasteiger partial charge in [-0.25, -0.2) is 0 Å². The Balaban J connectivity index is 0.000000251. The Morgan fingerprint density at radius 3 is 2.62 bits per heavy atom. The van der Waals surface area contributed by atoms with Gasteiger partial charge in [0, 0.05) is 5.69 Å². The summed E-state index contributed by atoms with van der Waals surface area (Å²) in [6, 6.07) is 7.75. The molecule has 0 unspecified atom stereocenters. The molecule has 1 aromatic carbocycles. The van der Waals surface area contributed by atoms with Crippen LogP contribution in [0, 0.1) is 0 Å². The number of hydrogen-bond acceptors (Lipinski definition) is 2. The van der Waals surface area contributed by atoms with Gasteiger partial charge in [0.2, 0.25) is 5.91 Å². The van der Waals surface area contributed by atoms with Crippen LogP contribution < -0.4 is 5.32 Å². The summed E-state index contributed by atoms with van der Waals surface area (Å²) in [5.74, 6) is 0.0983. The number of nitrogens with one attached hydrogen (secondary N) is 1. The van der Waals surface area contributed by atoms with Crippen LogP contribution >= 0.6 is 0 Å². The lowest BCUT2D eigenvalue weighted by Crippen LogP contribution is -2.03. The Kier molecular flexibility index (Phi) is 3.03. The number of carbonyl (C=O) groups excluding carboxylic acids is 1. The van der Waals surface area contributed by atoms with E-state index in [4.69, 9.17) is 9.90 Å². The smallest absolute Gasteiger partial charge is 0.290 e. The molecule has 1 aliphatic heterocycles. The van der Waals surface area contributed by atoms with Gasteiger partial charge in [-0.05, 0) is 11.6 Å². The number of carboxylic acid groups (broad SMARTS) is 1. The molecule has 13 heavy (non-hydrogen) atoms. The minimum Gasteiger partial charge on any atom is -0.483 e. The van der Waals surface area contributed by atoms with Gasteiger partial charge in [-0.2, -0.15) is 0 Å². The molecule has 0 spiro atoms. The van der Waals surface area contributed by atoms with E-state index in [1.807, 2.05) is 24.3 Å². The summed E-state index contributed by atoms with van der Waals surface area (Å²) in [5, 5.41) is 9.65. The molecule has 0 saturated carbocycles. The minimum atomic E-state index is -0.250. The lowest BCUT2D eigenvalue weighted by atomic mass is 10.2. The zero-order valence-electron chi connectivity index (χ0n) is 6.86. The third kappa shape index (κ3) is 2.30. The van der Waals surface area contributed by atoms with E-state index in [0.29, 0.717) is 6.42 Å². The predicted molar refractivity (Wildman–Crippen MR) is 47.5 cm³/mol. The Morgan fingerprint density at radius 1 is 1.38 bits per heavy atom. The van der Waals surface area contributed by atoms with Crippen molar-refractivity contribution < 1.29 is 14.7 Å². The molecule has 1 amide bonds. The quantitative estimate of drug-likeness (QED) is 0.581. The molecule has 4 nitrogen and oxygen atoms in total. The van der Waals surface area contributed by atoms with Crippen LogP contribution in [0.3, 0.4) is 0 Å². The molecular formula is C9H9NO3. The van der Waals surface area contributed by atoms with Crippen molar-refractivity contribution in [1.29, 1.82) is 0 Å². The van der Waals surface area contributed by atoms with E-state index in [9.17, 15) is 4.79 Å². The first-order valence-corrected chi connectivity index (χ1v) is 3.73. The summed E-state index contributed by atoms with van der Waals surface area (Å²) in [6.07, 6.45) is 0.538. The molecule has 1 aliphatic rings. The van der Waals surface area contributed by atoms with Gasteiger partial charge < -0.3 is 10.4 Å². The van der Waals surface area contributed by atoms with E-state index in [-0.39, 0.29) is 12.4 Å². The molecule has 2 N–H and O–H groups in total. The van der Waals surface area contributed by atoms with E-state index in [1.54, 1.807) is 0 Å². The topological polar surface area (TPSA) is 66.4 Å². The average Bonchev–Trinajstić information content (AvgIpc) is 2.45. The van der Waals surface area contributed by atoms with Gasteiger partial charge in [0.1, 0.15) is 0 Å².